The summed E-state index contributed by atoms with van der Waals surface area (Å²) in [5.41, 5.74) is -0.00591. The zero-order valence-corrected chi connectivity index (χ0v) is 19.8. The molecule has 5 saturated carbocycles. The van der Waals surface area contributed by atoms with Gasteiger partial charge in [0.05, 0.1) is 18.1 Å². The number of benzene rings is 2. The number of ether oxygens (including phenoxy) is 1. The molecule has 34 heavy (non-hydrogen) atoms. The van der Waals surface area contributed by atoms with Crippen molar-refractivity contribution in [1.29, 1.82) is 10.5 Å². The number of para-hydroxylation sites is 1. The Morgan fingerprint density at radius 2 is 1.53 bits per heavy atom. The highest BCUT2D eigenvalue weighted by molar-refractivity contribution is 6.31. The van der Waals surface area contributed by atoms with Crippen molar-refractivity contribution in [2.75, 3.05) is 0 Å². The van der Waals surface area contributed by atoms with Gasteiger partial charge in [-0.2, -0.15) is 10.5 Å². The van der Waals surface area contributed by atoms with Crippen molar-refractivity contribution < 1.29 is 9.53 Å². The molecule has 5 fully saturated rings. The van der Waals surface area contributed by atoms with Gasteiger partial charge in [0.2, 0.25) is 0 Å². The highest BCUT2D eigenvalue weighted by Gasteiger charge is 2.74. The largest absolute Gasteiger partial charge is 0.489 e. The molecule has 172 valence electrons. The molecule has 7 rings (SSSR count). The summed E-state index contributed by atoms with van der Waals surface area (Å²) in [5, 5.41) is 20.9. The smallest absolute Gasteiger partial charge is 0.161 e. The number of nitrogens with zero attached hydrogens (tertiary/aromatic N) is 2. The van der Waals surface area contributed by atoms with Gasteiger partial charge < -0.3 is 4.74 Å². The lowest BCUT2D eigenvalue weighted by atomic mass is 9.48. The van der Waals surface area contributed by atoms with Gasteiger partial charge in [0.25, 0.3) is 0 Å². The van der Waals surface area contributed by atoms with Crippen LogP contribution in [0.25, 0.3) is 0 Å². The molecule has 0 saturated heterocycles. The van der Waals surface area contributed by atoms with Crippen molar-refractivity contribution in [3.63, 3.8) is 0 Å². The molecule has 0 aromatic heterocycles. The number of hydrogen-bond donors (Lipinski definition) is 0. The SMILES string of the molecule is N#CC1(C#N)[C@H](c2ccccc2OCc2ccccc2Cl)[C@@H]1C(=O)C12CC3CC(CC(C3)C1)C2. The van der Waals surface area contributed by atoms with E-state index in [2.05, 4.69) is 12.1 Å². The first-order chi connectivity index (χ1) is 16.5. The summed E-state index contributed by atoms with van der Waals surface area (Å²) in [6.45, 7) is 0.281. The molecule has 0 N–H and O–H groups in total. The maximum absolute atomic E-state index is 14.2. The number of ketones is 1. The van der Waals surface area contributed by atoms with E-state index in [-0.39, 0.29) is 17.8 Å². The number of rotatable bonds is 6. The normalized spacial score (nSPS) is 34.1. The fourth-order valence-electron chi connectivity index (χ4n) is 7.86. The lowest BCUT2D eigenvalue weighted by Gasteiger charge is -2.56. The first-order valence-electron chi connectivity index (χ1n) is 12.3. The second-order valence-corrected chi connectivity index (χ2v) is 11.4. The minimum absolute atomic E-state index is 0.167. The molecule has 0 radical (unpaired) electrons. The zero-order valence-electron chi connectivity index (χ0n) is 19.0. The summed E-state index contributed by atoms with van der Waals surface area (Å²) >= 11 is 6.30. The second kappa shape index (κ2) is 7.86. The van der Waals surface area contributed by atoms with Crippen molar-refractivity contribution in [2.24, 2.45) is 34.5 Å². The Hall–Kier alpha value is -2.82. The molecular formula is C29H27ClN2O2. The maximum atomic E-state index is 14.2. The van der Waals surface area contributed by atoms with E-state index < -0.39 is 17.3 Å². The molecule has 4 nitrogen and oxygen atoms in total. The molecular weight excluding hydrogens is 444 g/mol. The van der Waals surface area contributed by atoms with Crippen LogP contribution in [-0.2, 0) is 11.4 Å². The number of halogens is 1. The van der Waals surface area contributed by atoms with Crippen LogP contribution in [0.5, 0.6) is 5.75 Å². The lowest BCUT2D eigenvalue weighted by Crippen LogP contribution is -2.50. The van der Waals surface area contributed by atoms with Crippen LogP contribution in [0.3, 0.4) is 0 Å². The summed E-state index contributed by atoms with van der Waals surface area (Å²) in [5.74, 6) is 1.66. The van der Waals surface area contributed by atoms with Crippen LogP contribution in [0.1, 0.15) is 55.6 Å². The third kappa shape index (κ3) is 3.19. The molecule has 2 aromatic rings. The number of carbonyl (C=O) groups excluding carboxylic acids is 1. The van der Waals surface area contributed by atoms with Crippen LogP contribution < -0.4 is 4.74 Å². The van der Waals surface area contributed by atoms with Crippen molar-refractivity contribution in [3.8, 4) is 17.9 Å². The van der Waals surface area contributed by atoms with E-state index >= 15 is 0 Å². The maximum Gasteiger partial charge on any atom is 0.161 e. The van der Waals surface area contributed by atoms with Crippen LogP contribution in [0.4, 0.5) is 0 Å². The van der Waals surface area contributed by atoms with E-state index in [1.54, 1.807) is 0 Å². The van der Waals surface area contributed by atoms with E-state index in [0.29, 0.717) is 28.5 Å². The average molecular weight is 471 g/mol. The van der Waals surface area contributed by atoms with Gasteiger partial charge in [-0.05, 0) is 68.4 Å². The van der Waals surface area contributed by atoms with E-state index in [4.69, 9.17) is 16.3 Å². The highest BCUT2D eigenvalue weighted by Crippen LogP contribution is 2.70. The van der Waals surface area contributed by atoms with Gasteiger partial charge in [0.15, 0.2) is 5.41 Å². The van der Waals surface area contributed by atoms with Crippen molar-refractivity contribution in [1.82, 2.24) is 0 Å². The zero-order chi connectivity index (χ0) is 23.5. The summed E-state index contributed by atoms with van der Waals surface area (Å²) in [4.78, 5) is 14.2. The van der Waals surface area contributed by atoms with Gasteiger partial charge in [-0.1, -0.05) is 48.0 Å². The minimum Gasteiger partial charge on any atom is -0.489 e. The monoisotopic (exact) mass is 470 g/mol. The third-order valence-corrected chi connectivity index (χ3v) is 9.38. The Labute approximate surface area is 205 Å². The molecule has 0 spiro atoms. The van der Waals surface area contributed by atoms with E-state index in [9.17, 15) is 15.3 Å². The third-order valence-electron chi connectivity index (χ3n) is 9.01. The number of carbonyl (C=O) groups is 1. The first kappa shape index (κ1) is 21.7. The Bertz CT molecular complexity index is 1190. The van der Waals surface area contributed by atoms with Gasteiger partial charge in [-0.25, -0.2) is 0 Å². The molecule has 2 atom stereocenters. The summed E-state index contributed by atoms with van der Waals surface area (Å²) < 4.78 is 6.15. The van der Waals surface area contributed by atoms with E-state index in [1.807, 2.05) is 48.5 Å². The molecule has 2 aromatic carbocycles. The molecule has 5 heteroatoms. The molecule has 0 amide bonds. The van der Waals surface area contributed by atoms with Gasteiger partial charge in [0, 0.05) is 27.5 Å². The summed E-state index contributed by atoms with van der Waals surface area (Å²) in [6, 6.07) is 19.6. The lowest BCUT2D eigenvalue weighted by molar-refractivity contribution is -0.145. The van der Waals surface area contributed by atoms with Crippen LogP contribution in [0.2, 0.25) is 5.02 Å². The second-order valence-electron chi connectivity index (χ2n) is 11.0. The van der Waals surface area contributed by atoms with Crippen molar-refractivity contribution >= 4 is 17.4 Å². The Balaban J connectivity index is 1.31. The minimum atomic E-state index is -1.32. The molecule has 4 bridgehead atoms. The predicted octanol–water partition coefficient (Wildman–Crippen LogP) is 6.45. The van der Waals surface area contributed by atoms with Crippen molar-refractivity contribution in [3.05, 3.63) is 64.7 Å². The van der Waals surface area contributed by atoms with Crippen LogP contribution >= 0.6 is 11.6 Å². The summed E-state index contributed by atoms with van der Waals surface area (Å²) in [6.07, 6.45) is 6.58. The molecule has 5 aliphatic rings. The molecule has 0 aliphatic heterocycles. The van der Waals surface area contributed by atoms with Crippen LogP contribution in [0.15, 0.2) is 48.5 Å². The average Bonchev–Trinajstić information content (AvgIpc) is 3.51. The Morgan fingerprint density at radius 3 is 2.15 bits per heavy atom. The standard InChI is InChI=1S/C29H27ClN2O2/c30-23-7-3-1-5-21(23)15-34-24-8-4-2-6-22(24)25-26(29(25,16-31)17-32)27(33)28-12-18-9-19(13-28)11-20(10-18)14-28/h1-8,18-20,25-26H,9-15H2/t18?,19?,20?,25-,26-,28?/m1/s1. The predicted molar refractivity (Wildman–Crippen MR) is 128 cm³/mol. The Kier molecular flexibility index (Phi) is 5.02. The molecule has 0 unspecified atom stereocenters. The van der Waals surface area contributed by atoms with Crippen LogP contribution in [-0.4, -0.2) is 5.78 Å². The molecule has 0 heterocycles. The van der Waals surface area contributed by atoms with Gasteiger partial charge >= 0.3 is 0 Å². The summed E-state index contributed by atoms with van der Waals surface area (Å²) in [7, 11) is 0. The first-order valence-corrected chi connectivity index (χ1v) is 12.7. The topological polar surface area (TPSA) is 73.9 Å². The fraction of sp³-hybridized carbons (Fsp3) is 0.483. The fourth-order valence-corrected chi connectivity index (χ4v) is 8.05. The van der Waals surface area contributed by atoms with E-state index in [0.717, 1.165) is 30.4 Å². The van der Waals surface area contributed by atoms with Gasteiger partial charge in [-0.3, -0.25) is 4.79 Å². The van der Waals surface area contributed by atoms with Gasteiger partial charge in [-0.15, -0.1) is 0 Å². The van der Waals surface area contributed by atoms with E-state index in [1.165, 1.54) is 19.3 Å². The number of nitriles is 2. The number of hydrogen-bond acceptors (Lipinski definition) is 4. The quantitative estimate of drug-likeness (QED) is 0.486. The van der Waals surface area contributed by atoms with Gasteiger partial charge in [0.1, 0.15) is 18.1 Å². The highest BCUT2D eigenvalue weighted by atomic mass is 35.5. The van der Waals surface area contributed by atoms with Crippen molar-refractivity contribution in [2.45, 2.75) is 51.0 Å². The number of Topliss-reactive ketones (excluding diaryl/α,β-unsaturated/α-hetero) is 1. The van der Waals surface area contributed by atoms with Crippen LogP contribution in [0, 0.1) is 57.2 Å². The Morgan fingerprint density at radius 1 is 0.941 bits per heavy atom. The molecule has 5 aliphatic carbocycles.